The van der Waals surface area contributed by atoms with Gasteiger partial charge in [0.1, 0.15) is 11.6 Å². The summed E-state index contributed by atoms with van der Waals surface area (Å²) >= 11 is 5.85. The van der Waals surface area contributed by atoms with Crippen LogP contribution in [0.15, 0.2) is 36.5 Å². The molecule has 0 saturated carbocycles. The number of anilines is 1. The normalized spacial score (nSPS) is 12.0. The summed E-state index contributed by atoms with van der Waals surface area (Å²) in [7, 11) is 0. The van der Waals surface area contributed by atoms with Crippen molar-refractivity contribution in [1.82, 2.24) is 9.78 Å². The molecule has 1 aromatic carbocycles. The highest BCUT2D eigenvalue weighted by Crippen LogP contribution is 2.18. The van der Waals surface area contributed by atoms with E-state index >= 15 is 0 Å². The van der Waals surface area contributed by atoms with Gasteiger partial charge in [-0.2, -0.15) is 5.10 Å². The molecule has 2 rings (SSSR count). The molecule has 112 valence electrons. The molecule has 2 aromatic rings. The number of nitrogens with zero attached hydrogens (tertiary/aromatic N) is 2. The van der Waals surface area contributed by atoms with Crippen molar-refractivity contribution in [2.24, 2.45) is 0 Å². The summed E-state index contributed by atoms with van der Waals surface area (Å²) in [6.45, 7) is 4.04. The summed E-state index contributed by atoms with van der Waals surface area (Å²) in [6.07, 6.45) is 2.60. The van der Waals surface area contributed by atoms with E-state index in [1.54, 1.807) is 41.2 Å². The molecule has 0 aliphatic rings. The van der Waals surface area contributed by atoms with E-state index in [9.17, 15) is 4.79 Å². The second kappa shape index (κ2) is 7.13. The van der Waals surface area contributed by atoms with Crippen molar-refractivity contribution in [3.05, 3.63) is 41.6 Å². The molecule has 1 atom stereocenters. The highest BCUT2D eigenvalue weighted by molar-refractivity contribution is 6.30. The van der Waals surface area contributed by atoms with Crippen molar-refractivity contribution in [3.63, 3.8) is 0 Å². The molecule has 0 aliphatic carbocycles. The number of hydrogen-bond acceptors (Lipinski definition) is 3. The lowest BCUT2D eigenvalue weighted by molar-refractivity contribution is -0.118. The van der Waals surface area contributed by atoms with Crippen molar-refractivity contribution >= 4 is 23.3 Å². The molecule has 0 spiro atoms. The number of rotatable bonds is 6. The van der Waals surface area contributed by atoms with Gasteiger partial charge in [-0.15, -0.1) is 0 Å². The van der Waals surface area contributed by atoms with E-state index in [-0.39, 0.29) is 18.6 Å². The van der Waals surface area contributed by atoms with Crippen LogP contribution in [0.4, 0.5) is 5.82 Å². The molecule has 1 aromatic heterocycles. The van der Waals surface area contributed by atoms with Gasteiger partial charge in [-0.05, 0) is 31.5 Å². The van der Waals surface area contributed by atoms with Crippen molar-refractivity contribution in [2.75, 3.05) is 11.9 Å². The third kappa shape index (κ3) is 4.23. The van der Waals surface area contributed by atoms with Gasteiger partial charge in [-0.1, -0.05) is 24.6 Å². The van der Waals surface area contributed by atoms with Crippen molar-refractivity contribution in [3.8, 4) is 5.75 Å². The summed E-state index contributed by atoms with van der Waals surface area (Å²) < 4.78 is 7.19. The third-order valence-corrected chi connectivity index (χ3v) is 3.35. The average molecular weight is 308 g/mol. The largest absolute Gasteiger partial charge is 0.484 e. The monoisotopic (exact) mass is 307 g/mol. The summed E-state index contributed by atoms with van der Waals surface area (Å²) in [6, 6.07) is 8.93. The summed E-state index contributed by atoms with van der Waals surface area (Å²) in [5.41, 5.74) is 0. The van der Waals surface area contributed by atoms with Crippen LogP contribution in [-0.4, -0.2) is 22.3 Å². The van der Waals surface area contributed by atoms with Crippen molar-refractivity contribution in [2.45, 2.75) is 26.3 Å². The van der Waals surface area contributed by atoms with Gasteiger partial charge < -0.3 is 10.1 Å². The average Bonchev–Trinajstić information content (AvgIpc) is 2.92. The number of halogens is 1. The number of ether oxygens (including phenoxy) is 1. The zero-order chi connectivity index (χ0) is 15.2. The van der Waals surface area contributed by atoms with Crippen LogP contribution >= 0.6 is 11.6 Å². The molecule has 1 heterocycles. The minimum Gasteiger partial charge on any atom is -0.484 e. The summed E-state index contributed by atoms with van der Waals surface area (Å²) in [4.78, 5) is 11.9. The van der Waals surface area contributed by atoms with Crippen molar-refractivity contribution in [1.29, 1.82) is 0 Å². The van der Waals surface area contributed by atoms with Crippen LogP contribution in [-0.2, 0) is 4.79 Å². The number of hydrogen-bond donors (Lipinski definition) is 1. The SMILES string of the molecule is CCC(C)n1nccc1NC(=O)COc1cccc(Cl)c1. The molecule has 1 amide bonds. The Morgan fingerprint density at radius 1 is 1.48 bits per heavy atom. The predicted molar refractivity (Wildman–Crippen MR) is 82.8 cm³/mol. The first-order valence-corrected chi connectivity index (χ1v) is 7.19. The van der Waals surface area contributed by atoms with Gasteiger partial charge in [0.25, 0.3) is 5.91 Å². The van der Waals surface area contributed by atoms with Crippen molar-refractivity contribution < 1.29 is 9.53 Å². The van der Waals surface area contributed by atoms with Crippen LogP contribution in [0.2, 0.25) is 5.02 Å². The first-order valence-electron chi connectivity index (χ1n) is 6.82. The van der Waals surface area contributed by atoms with Gasteiger partial charge >= 0.3 is 0 Å². The Bertz CT molecular complexity index is 612. The minimum absolute atomic E-state index is 0.0774. The Hall–Kier alpha value is -2.01. The van der Waals surface area contributed by atoms with E-state index in [2.05, 4.69) is 17.3 Å². The Morgan fingerprint density at radius 2 is 2.29 bits per heavy atom. The van der Waals surface area contributed by atoms with E-state index in [0.717, 1.165) is 6.42 Å². The Labute approximate surface area is 128 Å². The van der Waals surface area contributed by atoms with E-state index in [0.29, 0.717) is 16.6 Å². The summed E-state index contributed by atoms with van der Waals surface area (Å²) in [5, 5.41) is 7.58. The maximum Gasteiger partial charge on any atom is 0.263 e. The Morgan fingerprint density at radius 3 is 3.00 bits per heavy atom. The van der Waals surface area contributed by atoms with E-state index < -0.39 is 0 Å². The maximum atomic E-state index is 11.9. The lowest BCUT2D eigenvalue weighted by Crippen LogP contribution is -2.22. The molecule has 21 heavy (non-hydrogen) atoms. The number of benzene rings is 1. The molecule has 0 radical (unpaired) electrons. The highest BCUT2D eigenvalue weighted by atomic mass is 35.5. The zero-order valence-corrected chi connectivity index (χ0v) is 12.8. The number of carbonyl (C=O) groups excluding carboxylic acids is 1. The maximum absolute atomic E-state index is 11.9. The van der Waals surface area contributed by atoms with E-state index in [1.807, 2.05) is 6.92 Å². The van der Waals surface area contributed by atoms with Gasteiger partial charge in [-0.25, -0.2) is 4.68 Å². The van der Waals surface area contributed by atoms with Crippen LogP contribution in [0.1, 0.15) is 26.3 Å². The number of nitrogens with one attached hydrogen (secondary N) is 1. The standard InChI is InChI=1S/C15H18ClN3O2/c1-3-11(2)19-14(7-8-17-19)18-15(20)10-21-13-6-4-5-12(16)9-13/h4-9,11H,3,10H2,1-2H3,(H,18,20). The number of amides is 1. The smallest absolute Gasteiger partial charge is 0.263 e. The lowest BCUT2D eigenvalue weighted by Gasteiger charge is -2.14. The second-order valence-electron chi connectivity index (χ2n) is 4.71. The van der Waals surface area contributed by atoms with Gasteiger partial charge in [0.15, 0.2) is 6.61 Å². The molecule has 1 unspecified atom stereocenters. The van der Waals surface area contributed by atoms with E-state index in [4.69, 9.17) is 16.3 Å². The first kappa shape index (κ1) is 15.4. The van der Waals surface area contributed by atoms with Crippen LogP contribution in [0.25, 0.3) is 0 Å². The number of aromatic nitrogens is 2. The lowest BCUT2D eigenvalue weighted by atomic mass is 10.3. The zero-order valence-electron chi connectivity index (χ0n) is 12.0. The molecule has 6 heteroatoms. The summed E-state index contributed by atoms with van der Waals surface area (Å²) in [5.74, 6) is 0.997. The van der Waals surface area contributed by atoms with E-state index in [1.165, 1.54) is 0 Å². The minimum atomic E-state index is -0.236. The topological polar surface area (TPSA) is 56.2 Å². The van der Waals surface area contributed by atoms with Crippen LogP contribution in [0, 0.1) is 0 Å². The van der Waals surface area contributed by atoms with Crippen LogP contribution in [0.3, 0.4) is 0 Å². The van der Waals surface area contributed by atoms with Gasteiger partial charge in [0.2, 0.25) is 0 Å². The first-order chi connectivity index (χ1) is 10.1. The van der Waals surface area contributed by atoms with Gasteiger partial charge in [-0.3, -0.25) is 4.79 Å². The number of carbonyl (C=O) groups is 1. The highest BCUT2D eigenvalue weighted by Gasteiger charge is 2.11. The third-order valence-electron chi connectivity index (χ3n) is 3.11. The van der Waals surface area contributed by atoms with Gasteiger partial charge in [0.05, 0.1) is 12.2 Å². The molecule has 0 fully saturated rings. The molecule has 0 bridgehead atoms. The second-order valence-corrected chi connectivity index (χ2v) is 5.15. The fourth-order valence-corrected chi connectivity index (χ4v) is 2.00. The van der Waals surface area contributed by atoms with Crippen LogP contribution < -0.4 is 10.1 Å². The molecule has 5 nitrogen and oxygen atoms in total. The Balaban J connectivity index is 1.92. The Kier molecular flexibility index (Phi) is 5.22. The van der Waals surface area contributed by atoms with Gasteiger partial charge in [0, 0.05) is 11.1 Å². The molecule has 0 aliphatic heterocycles. The molecular formula is C15H18ClN3O2. The quantitative estimate of drug-likeness (QED) is 0.888. The molecule has 1 N–H and O–H groups in total. The fraction of sp³-hybridized carbons (Fsp3) is 0.333. The molecular weight excluding hydrogens is 290 g/mol. The fourth-order valence-electron chi connectivity index (χ4n) is 1.82. The molecule has 0 saturated heterocycles. The predicted octanol–water partition coefficient (Wildman–Crippen LogP) is 3.53. The van der Waals surface area contributed by atoms with Crippen LogP contribution in [0.5, 0.6) is 5.75 Å².